The highest BCUT2D eigenvalue weighted by atomic mass is 32.1. The highest BCUT2D eigenvalue weighted by molar-refractivity contribution is 7.17. The van der Waals surface area contributed by atoms with E-state index >= 15 is 0 Å². The second kappa shape index (κ2) is 9.17. The minimum atomic E-state index is -0.682. The molecule has 0 spiro atoms. The highest BCUT2D eigenvalue weighted by Crippen LogP contribution is 2.35. The molecule has 31 heavy (non-hydrogen) atoms. The Bertz CT molecular complexity index is 966. The molecule has 1 aromatic carbocycles. The van der Waals surface area contributed by atoms with Gasteiger partial charge in [0.05, 0.1) is 6.61 Å². The molecule has 1 amide bonds. The first-order valence-corrected chi connectivity index (χ1v) is 10.8. The second-order valence-electron chi connectivity index (χ2n) is 7.97. The number of aromatic nitrogens is 1. The van der Waals surface area contributed by atoms with Crippen LogP contribution in [0.2, 0.25) is 0 Å². The zero-order valence-corrected chi connectivity index (χ0v) is 18.7. The van der Waals surface area contributed by atoms with Crippen molar-refractivity contribution in [2.24, 2.45) is 0 Å². The Morgan fingerprint density at radius 3 is 2.45 bits per heavy atom. The van der Waals surface area contributed by atoms with Gasteiger partial charge in [-0.15, -0.1) is 0 Å². The average Bonchev–Trinajstić information content (AvgIpc) is 3.14. The molecule has 1 aromatic heterocycles. The Morgan fingerprint density at radius 1 is 1.16 bits per heavy atom. The average molecular weight is 454 g/mol. The number of piperazine rings is 1. The molecule has 1 aliphatic heterocycles. The molecule has 0 unspecified atom stereocenters. The van der Waals surface area contributed by atoms with Crippen LogP contribution in [0.3, 0.4) is 0 Å². The van der Waals surface area contributed by atoms with Gasteiger partial charge in [-0.05, 0) is 45.9 Å². The lowest BCUT2D eigenvalue weighted by molar-refractivity contribution is 0.0240. The molecule has 10 heteroatoms. The van der Waals surface area contributed by atoms with E-state index in [1.54, 1.807) is 32.6 Å². The largest absolute Gasteiger partial charge is 0.462 e. The summed E-state index contributed by atoms with van der Waals surface area (Å²) >= 11 is 1.06. The van der Waals surface area contributed by atoms with E-state index in [-0.39, 0.29) is 28.8 Å². The molecule has 1 fully saturated rings. The molecule has 1 aliphatic rings. The predicted molar refractivity (Wildman–Crippen MR) is 113 cm³/mol. The van der Waals surface area contributed by atoms with Crippen LogP contribution in [0.25, 0.3) is 11.3 Å². The van der Waals surface area contributed by atoms with Crippen molar-refractivity contribution >= 4 is 28.5 Å². The summed E-state index contributed by atoms with van der Waals surface area (Å²) in [7, 11) is 0. The van der Waals surface area contributed by atoms with Crippen molar-refractivity contribution in [3.8, 4) is 11.3 Å². The maximum absolute atomic E-state index is 14.4. The number of hydrogen-bond acceptors (Lipinski definition) is 7. The van der Waals surface area contributed by atoms with E-state index in [0.29, 0.717) is 31.3 Å². The first kappa shape index (κ1) is 22.9. The van der Waals surface area contributed by atoms with Crippen LogP contribution in [0.5, 0.6) is 0 Å². The van der Waals surface area contributed by atoms with Crippen molar-refractivity contribution in [2.45, 2.75) is 33.3 Å². The maximum Gasteiger partial charge on any atom is 0.410 e. The van der Waals surface area contributed by atoms with Crippen LogP contribution in [0.15, 0.2) is 18.2 Å². The van der Waals surface area contributed by atoms with E-state index in [4.69, 9.17) is 9.47 Å². The van der Waals surface area contributed by atoms with Gasteiger partial charge in [0.2, 0.25) is 0 Å². The molecule has 7 nitrogen and oxygen atoms in total. The second-order valence-corrected chi connectivity index (χ2v) is 8.95. The Hall–Kier alpha value is -2.75. The van der Waals surface area contributed by atoms with Crippen LogP contribution in [-0.4, -0.2) is 60.3 Å². The summed E-state index contributed by atoms with van der Waals surface area (Å²) in [6, 6.07) is 3.02. The van der Waals surface area contributed by atoms with Gasteiger partial charge in [-0.1, -0.05) is 11.3 Å². The summed E-state index contributed by atoms with van der Waals surface area (Å²) < 4.78 is 38.6. The normalized spacial score (nSPS) is 14.5. The number of anilines is 1. The third-order valence-electron chi connectivity index (χ3n) is 4.46. The summed E-state index contributed by atoms with van der Waals surface area (Å²) in [5.41, 5.74) is -0.634. The lowest BCUT2D eigenvalue weighted by Crippen LogP contribution is -2.50. The van der Waals surface area contributed by atoms with E-state index in [1.165, 1.54) is 0 Å². The van der Waals surface area contributed by atoms with Gasteiger partial charge >= 0.3 is 12.1 Å². The third-order valence-corrected chi connectivity index (χ3v) is 5.56. The minimum absolute atomic E-state index is 0.0463. The van der Waals surface area contributed by atoms with Crippen LogP contribution < -0.4 is 4.90 Å². The van der Waals surface area contributed by atoms with Gasteiger partial charge in [0, 0.05) is 31.7 Å². The summed E-state index contributed by atoms with van der Waals surface area (Å²) in [5.74, 6) is -1.96. The van der Waals surface area contributed by atoms with Crippen molar-refractivity contribution in [3.05, 3.63) is 34.7 Å². The lowest BCUT2D eigenvalue weighted by atomic mass is 10.1. The van der Waals surface area contributed by atoms with Crippen molar-refractivity contribution in [1.82, 2.24) is 9.88 Å². The smallest absolute Gasteiger partial charge is 0.410 e. The fourth-order valence-corrected chi connectivity index (χ4v) is 4.07. The number of nitrogens with zero attached hydrogens (tertiary/aromatic N) is 3. The summed E-state index contributed by atoms with van der Waals surface area (Å²) in [5, 5.41) is 0.477. The molecule has 3 rings (SSSR count). The molecule has 0 saturated carbocycles. The topological polar surface area (TPSA) is 72.0 Å². The van der Waals surface area contributed by atoms with E-state index in [2.05, 4.69) is 4.98 Å². The number of benzene rings is 1. The van der Waals surface area contributed by atoms with Crippen molar-refractivity contribution in [1.29, 1.82) is 0 Å². The van der Waals surface area contributed by atoms with Gasteiger partial charge in [-0.25, -0.2) is 23.4 Å². The van der Waals surface area contributed by atoms with Gasteiger partial charge in [0.1, 0.15) is 27.8 Å². The maximum atomic E-state index is 14.4. The van der Waals surface area contributed by atoms with Gasteiger partial charge in [0.25, 0.3) is 0 Å². The number of halogens is 2. The van der Waals surface area contributed by atoms with Crippen LogP contribution in [0.4, 0.5) is 18.7 Å². The Morgan fingerprint density at radius 2 is 1.84 bits per heavy atom. The molecule has 2 aromatic rings. The fraction of sp³-hybridized carbons (Fsp3) is 0.476. The van der Waals surface area contributed by atoms with E-state index < -0.39 is 23.2 Å². The molecule has 0 radical (unpaired) electrons. The number of ether oxygens (including phenoxy) is 2. The first-order valence-electron chi connectivity index (χ1n) is 9.95. The molecular formula is C21H25F2N3O4S. The molecule has 0 N–H and O–H groups in total. The van der Waals surface area contributed by atoms with Crippen LogP contribution in [-0.2, 0) is 9.47 Å². The van der Waals surface area contributed by atoms with Crippen molar-refractivity contribution < 1.29 is 27.8 Å². The number of hydrogen-bond donors (Lipinski definition) is 0. The number of carbonyl (C=O) groups excluding carboxylic acids is 2. The number of amides is 1. The van der Waals surface area contributed by atoms with Crippen LogP contribution >= 0.6 is 11.3 Å². The fourth-order valence-electron chi connectivity index (χ4n) is 3.05. The van der Waals surface area contributed by atoms with Crippen molar-refractivity contribution in [2.75, 3.05) is 37.7 Å². The monoisotopic (exact) mass is 453 g/mol. The Labute approximate surface area is 183 Å². The van der Waals surface area contributed by atoms with Crippen molar-refractivity contribution in [3.63, 3.8) is 0 Å². The van der Waals surface area contributed by atoms with E-state index in [9.17, 15) is 18.4 Å². The predicted octanol–water partition coefficient (Wildman–Crippen LogP) is 4.32. The SMILES string of the molecule is CCOC(=O)c1sc(N2CCN(C(=O)OC(C)(C)C)CC2)nc1-c1cc(F)ccc1F. The zero-order chi connectivity index (χ0) is 22.8. The molecule has 0 aliphatic carbocycles. The highest BCUT2D eigenvalue weighted by Gasteiger charge is 2.29. The van der Waals surface area contributed by atoms with Gasteiger partial charge in [-0.2, -0.15) is 0 Å². The Kier molecular flexibility index (Phi) is 6.78. The summed E-state index contributed by atoms with van der Waals surface area (Å²) in [6.07, 6.45) is -0.388. The third kappa shape index (κ3) is 5.49. The Balaban J connectivity index is 1.84. The van der Waals surface area contributed by atoms with Gasteiger partial charge in [-0.3, -0.25) is 0 Å². The molecule has 1 saturated heterocycles. The van der Waals surface area contributed by atoms with Gasteiger partial charge in [0.15, 0.2) is 5.13 Å². The number of carbonyl (C=O) groups is 2. The number of thiazole rings is 1. The number of esters is 1. The molecular weight excluding hydrogens is 428 g/mol. The molecule has 0 bridgehead atoms. The standard InChI is InChI=1S/C21H25F2N3O4S/c1-5-29-18(27)17-16(14-12-13(22)6-7-15(14)23)24-19(31-17)25-8-10-26(11-9-25)20(28)30-21(2,3)4/h6-7,12H,5,8-11H2,1-4H3. The molecule has 2 heterocycles. The summed E-state index contributed by atoms with van der Waals surface area (Å²) in [6.45, 7) is 8.96. The minimum Gasteiger partial charge on any atom is -0.462 e. The number of rotatable bonds is 4. The van der Waals surface area contributed by atoms with Crippen LogP contribution in [0.1, 0.15) is 37.4 Å². The van der Waals surface area contributed by atoms with E-state index in [0.717, 1.165) is 29.5 Å². The van der Waals surface area contributed by atoms with E-state index in [1.807, 2.05) is 4.90 Å². The molecule has 0 atom stereocenters. The van der Waals surface area contributed by atoms with Crippen LogP contribution in [0, 0.1) is 11.6 Å². The van der Waals surface area contributed by atoms with Gasteiger partial charge < -0.3 is 19.3 Å². The zero-order valence-electron chi connectivity index (χ0n) is 17.9. The lowest BCUT2D eigenvalue weighted by Gasteiger charge is -2.35. The summed E-state index contributed by atoms with van der Waals surface area (Å²) in [4.78, 5) is 32.8. The quantitative estimate of drug-likeness (QED) is 0.642. The molecule has 168 valence electrons. The first-order chi connectivity index (χ1) is 14.6.